The van der Waals surface area contributed by atoms with Crippen molar-refractivity contribution in [3.63, 3.8) is 0 Å². The summed E-state index contributed by atoms with van der Waals surface area (Å²) in [7, 11) is 2.10. The topological polar surface area (TPSA) is 50.8 Å². The zero-order valence-corrected chi connectivity index (χ0v) is 15.5. The van der Waals surface area contributed by atoms with Gasteiger partial charge < -0.3 is 19.7 Å². The summed E-state index contributed by atoms with van der Waals surface area (Å²) in [6, 6.07) is 13.8. The number of amides is 1. The van der Waals surface area contributed by atoms with E-state index in [-0.39, 0.29) is 18.6 Å². The number of ether oxygens (including phenoxy) is 2. The molecule has 0 aromatic heterocycles. The standard InChI is InChI=1S/C22H24N2O3/c1-24-12-10-18(11-13-24)22(25)23-19-7-4-16(5-8-19)2-3-17-6-9-20-21(14-17)27-15-26-20/h2-9,14,18H,10-13,15H2,1H3,(H,23,25)/b3-2+. The molecule has 0 aliphatic carbocycles. The molecular weight excluding hydrogens is 340 g/mol. The Morgan fingerprint density at radius 2 is 1.67 bits per heavy atom. The smallest absolute Gasteiger partial charge is 0.231 e. The monoisotopic (exact) mass is 364 g/mol. The van der Waals surface area contributed by atoms with Crippen molar-refractivity contribution in [3.05, 3.63) is 53.6 Å². The third kappa shape index (κ3) is 4.31. The lowest BCUT2D eigenvalue weighted by atomic mass is 9.96. The predicted molar refractivity (Wildman–Crippen MR) is 107 cm³/mol. The highest BCUT2D eigenvalue weighted by atomic mass is 16.7. The summed E-state index contributed by atoms with van der Waals surface area (Å²) in [6.45, 7) is 2.26. The molecule has 2 aliphatic heterocycles. The number of fused-ring (bicyclic) bond motifs is 1. The fraction of sp³-hybridized carbons (Fsp3) is 0.318. The summed E-state index contributed by atoms with van der Waals surface area (Å²) in [6.07, 6.45) is 5.94. The van der Waals surface area contributed by atoms with Crippen LogP contribution in [-0.2, 0) is 4.79 Å². The fourth-order valence-corrected chi connectivity index (χ4v) is 3.40. The van der Waals surface area contributed by atoms with Gasteiger partial charge in [0.05, 0.1) is 0 Å². The second-order valence-electron chi connectivity index (χ2n) is 7.13. The van der Waals surface area contributed by atoms with Crippen molar-refractivity contribution < 1.29 is 14.3 Å². The number of anilines is 1. The van der Waals surface area contributed by atoms with Gasteiger partial charge in [-0.1, -0.05) is 30.4 Å². The largest absolute Gasteiger partial charge is 0.454 e. The molecule has 1 saturated heterocycles. The number of benzene rings is 2. The minimum Gasteiger partial charge on any atom is -0.454 e. The van der Waals surface area contributed by atoms with E-state index in [0.29, 0.717) is 0 Å². The van der Waals surface area contributed by atoms with Crippen LogP contribution in [0.4, 0.5) is 5.69 Å². The minimum atomic E-state index is 0.117. The molecule has 1 fully saturated rings. The molecule has 0 spiro atoms. The normalized spacial score (nSPS) is 17.4. The molecule has 1 N–H and O–H groups in total. The second-order valence-corrected chi connectivity index (χ2v) is 7.13. The van der Waals surface area contributed by atoms with Crippen molar-refractivity contribution in [2.75, 3.05) is 32.2 Å². The highest BCUT2D eigenvalue weighted by Gasteiger charge is 2.23. The number of hydrogen-bond acceptors (Lipinski definition) is 4. The number of nitrogens with one attached hydrogen (secondary N) is 1. The first-order valence-corrected chi connectivity index (χ1v) is 9.34. The van der Waals surface area contributed by atoms with Crippen LogP contribution in [-0.4, -0.2) is 37.7 Å². The fourth-order valence-electron chi connectivity index (χ4n) is 3.40. The van der Waals surface area contributed by atoms with E-state index in [1.54, 1.807) is 0 Å². The molecule has 140 valence electrons. The Hall–Kier alpha value is -2.79. The molecule has 1 amide bonds. The molecule has 0 saturated carbocycles. The average molecular weight is 364 g/mol. The summed E-state index contributed by atoms with van der Waals surface area (Å²) in [5.41, 5.74) is 2.98. The third-order valence-electron chi connectivity index (χ3n) is 5.13. The second kappa shape index (κ2) is 7.84. The maximum absolute atomic E-state index is 12.4. The van der Waals surface area contributed by atoms with Crippen LogP contribution in [0.2, 0.25) is 0 Å². The maximum Gasteiger partial charge on any atom is 0.231 e. The number of rotatable bonds is 4. The lowest BCUT2D eigenvalue weighted by molar-refractivity contribution is -0.121. The molecule has 2 aliphatic rings. The molecule has 5 heteroatoms. The molecule has 0 radical (unpaired) electrons. The number of nitrogens with zero attached hydrogens (tertiary/aromatic N) is 1. The van der Waals surface area contributed by atoms with Crippen LogP contribution in [0, 0.1) is 5.92 Å². The molecule has 5 nitrogen and oxygen atoms in total. The van der Waals surface area contributed by atoms with Gasteiger partial charge in [0.15, 0.2) is 11.5 Å². The number of carbonyl (C=O) groups is 1. The van der Waals surface area contributed by atoms with Gasteiger partial charge in [0.1, 0.15) is 0 Å². The van der Waals surface area contributed by atoms with E-state index >= 15 is 0 Å². The molecule has 4 rings (SSSR count). The molecule has 0 unspecified atom stereocenters. The Labute approximate surface area is 159 Å². The summed E-state index contributed by atoms with van der Waals surface area (Å²) in [5, 5.41) is 3.04. The summed E-state index contributed by atoms with van der Waals surface area (Å²) < 4.78 is 10.7. The van der Waals surface area contributed by atoms with Gasteiger partial charge in [0.25, 0.3) is 0 Å². The highest BCUT2D eigenvalue weighted by molar-refractivity contribution is 5.92. The SMILES string of the molecule is CN1CCC(C(=O)Nc2ccc(/C=C/c3ccc4c(c3)OCO4)cc2)CC1. The maximum atomic E-state index is 12.4. The van der Waals surface area contributed by atoms with E-state index in [2.05, 4.69) is 17.3 Å². The number of hydrogen-bond donors (Lipinski definition) is 1. The first-order chi connectivity index (χ1) is 13.2. The lowest BCUT2D eigenvalue weighted by Crippen LogP contribution is -2.35. The van der Waals surface area contributed by atoms with Crippen LogP contribution in [0.3, 0.4) is 0 Å². The van der Waals surface area contributed by atoms with Gasteiger partial charge in [0.2, 0.25) is 12.7 Å². The van der Waals surface area contributed by atoms with E-state index in [0.717, 1.165) is 54.2 Å². The molecule has 0 bridgehead atoms. The summed E-state index contributed by atoms with van der Waals surface area (Å²) >= 11 is 0. The van der Waals surface area contributed by atoms with Gasteiger partial charge in [0, 0.05) is 11.6 Å². The quantitative estimate of drug-likeness (QED) is 0.837. The van der Waals surface area contributed by atoms with Crippen molar-refractivity contribution in [1.82, 2.24) is 4.90 Å². The zero-order chi connectivity index (χ0) is 18.6. The van der Waals surface area contributed by atoms with E-state index in [1.165, 1.54) is 0 Å². The van der Waals surface area contributed by atoms with Gasteiger partial charge in [-0.15, -0.1) is 0 Å². The Kier molecular flexibility index (Phi) is 5.12. The van der Waals surface area contributed by atoms with Gasteiger partial charge in [-0.2, -0.15) is 0 Å². The Bertz CT molecular complexity index is 837. The van der Waals surface area contributed by atoms with E-state index in [1.807, 2.05) is 54.6 Å². The number of piperidine rings is 1. The number of carbonyl (C=O) groups excluding carboxylic acids is 1. The van der Waals surface area contributed by atoms with E-state index < -0.39 is 0 Å². The molecule has 2 aromatic carbocycles. The van der Waals surface area contributed by atoms with Crippen LogP contribution in [0.5, 0.6) is 11.5 Å². The van der Waals surface area contributed by atoms with Gasteiger partial charge in [-0.3, -0.25) is 4.79 Å². The molecule has 0 atom stereocenters. The Morgan fingerprint density at radius 1 is 1.00 bits per heavy atom. The Balaban J connectivity index is 1.35. The lowest BCUT2D eigenvalue weighted by Gasteiger charge is -2.28. The summed E-state index contributed by atoms with van der Waals surface area (Å²) in [4.78, 5) is 14.7. The molecular formula is C22H24N2O3. The van der Waals surface area contributed by atoms with Crippen LogP contribution in [0.25, 0.3) is 12.2 Å². The minimum absolute atomic E-state index is 0.117. The van der Waals surface area contributed by atoms with Gasteiger partial charge >= 0.3 is 0 Å². The summed E-state index contributed by atoms with van der Waals surface area (Å²) in [5.74, 6) is 1.82. The van der Waals surface area contributed by atoms with Crippen molar-refractivity contribution in [3.8, 4) is 11.5 Å². The Morgan fingerprint density at radius 3 is 2.44 bits per heavy atom. The van der Waals surface area contributed by atoms with Crippen molar-refractivity contribution >= 4 is 23.7 Å². The third-order valence-corrected chi connectivity index (χ3v) is 5.13. The molecule has 2 aromatic rings. The van der Waals surface area contributed by atoms with Crippen molar-refractivity contribution in [2.45, 2.75) is 12.8 Å². The van der Waals surface area contributed by atoms with Crippen molar-refractivity contribution in [1.29, 1.82) is 0 Å². The van der Waals surface area contributed by atoms with Crippen molar-refractivity contribution in [2.24, 2.45) is 5.92 Å². The first kappa shape index (κ1) is 17.6. The first-order valence-electron chi connectivity index (χ1n) is 9.34. The van der Waals surface area contributed by atoms with Gasteiger partial charge in [-0.05, 0) is 68.4 Å². The van der Waals surface area contributed by atoms with Crippen LogP contribution >= 0.6 is 0 Å². The average Bonchev–Trinajstić information content (AvgIpc) is 3.16. The molecule has 2 heterocycles. The van der Waals surface area contributed by atoms with Crippen LogP contribution in [0.15, 0.2) is 42.5 Å². The van der Waals surface area contributed by atoms with Crippen LogP contribution in [0.1, 0.15) is 24.0 Å². The predicted octanol–water partition coefficient (Wildman–Crippen LogP) is 3.87. The van der Waals surface area contributed by atoms with Gasteiger partial charge in [-0.25, -0.2) is 0 Å². The van der Waals surface area contributed by atoms with Crippen LogP contribution < -0.4 is 14.8 Å². The highest BCUT2D eigenvalue weighted by Crippen LogP contribution is 2.33. The molecule has 27 heavy (non-hydrogen) atoms. The van der Waals surface area contributed by atoms with E-state index in [4.69, 9.17) is 9.47 Å². The zero-order valence-electron chi connectivity index (χ0n) is 15.5. The van der Waals surface area contributed by atoms with E-state index in [9.17, 15) is 4.79 Å². The number of likely N-dealkylation sites (tertiary alicyclic amines) is 1.